The van der Waals surface area contributed by atoms with E-state index in [1.54, 1.807) is 6.07 Å². The Kier molecular flexibility index (Phi) is 5.15. The Morgan fingerprint density at radius 3 is 2.35 bits per heavy atom. The molecule has 3 nitrogen and oxygen atoms in total. The molecule has 0 bridgehead atoms. The molecule has 1 N–H and O–H groups in total. The van der Waals surface area contributed by atoms with Crippen molar-refractivity contribution < 1.29 is 14.6 Å². The predicted octanol–water partition coefficient (Wildman–Crippen LogP) is 4.96. The highest BCUT2D eigenvalue weighted by Gasteiger charge is 2.34. The number of aryl methyl sites for hydroxylation is 2. The molecule has 2 rings (SSSR count). The van der Waals surface area contributed by atoms with Gasteiger partial charge in [0.25, 0.3) is 0 Å². The summed E-state index contributed by atoms with van der Waals surface area (Å²) in [4.78, 5) is 13.8. The quantitative estimate of drug-likeness (QED) is 0.787. The molecule has 0 radical (unpaired) electrons. The van der Waals surface area contributed by atoms with Crippen LogP contribution in [0.3, 0.4) is 0 Å². The second-order valence-corrected chi connectivity index (χ2v) is 6.96. The third-order valence-corrected chi connectivity index (χ3v) is 6.14. The maximum atomic E-state index is 11.9. The van der Waals surface area contributed by atoms with E-state index in [0.717, 1.165) is 24.0 Å². The van der Waals surface area contributed by atoms with E-state index in [2.05, 4.69) is 26.0 Å². The van der Waals surface area contributed by atoms with Gasteiger partial charge in [0.05, 0.1) is 7.11 Å². The third kappa shape index (κ3) is 3.00. The number of esters is 1. The number of methoxy groups -OCH3 is 1. The van der Waals surface area contributed by atoms with E-state index >= 15 is 0 Å². The second-order valence-electron chi connectivity index (χ2n) is 5.90. The van der Waals surface area contributed by atoms with Crippen LogP contribution in [0.4, 0.5) is 0 Å². The fourth-order valence-corrected chi connectivity index (χ4v) is 4.56. The monoisotopic (exact) mass is 332 g/mol. The first-order valence-electron chi connectivity index (χ1n) is 7.89. The van der Waals surface area contributed by atoms with Crippen LogP contribution in [-0.4, -0.2) is 18.2 Å². The van der Waals surface area contributed by atoms with Crippen molar-refractivity contribution in [3.63, 3.8) is 0 Å². The fourth-order valence-electron chi connectivity index (χ4n) is 3.12. The van der Waals surface area contributed by atoms with E-state index in [9.17, 15) is 9.90 Å². The number of phenolic OH excluding ortho intramolecular Hbond substituents is 1. The molecule has 1 aromatic heterocycles. The first kappa shape index (κ1) is 17.5. The number of phenols is 1. The minimum absolute atomic E-state index is 0.153. The van der Waals surface area contributed by atoms with Gasteiger partial charge in [-0.3, -0.25) is 0 Å². The average molecular weight is 332 g/mol. The highest BCUT2D eigenvalue weighted by Crippen LogP contribution is 2.44. The van der Waals surface area contributed by atoms with Gasteiger partial charge in [0.15, 0.2) is 0 Å². The Morgan fingerprint density at radius 1 is 1.17 bits per heavy atom. The molecule has 23 heavy (non-hydrogen) atoms. The number of carbonyl (C=O) groups excluding carboxylic acids is 1. The van der Waals surface area contributed by atoms with Crippen LogP contribution in [-0.2, 0) is 10.2 Å². The van der Waals surface area contributed by atoms with Crippen molar-refractivity contribution in [3.05, 3.63) is 50.7 Å². The number of aromatic hydroxyl groups is 1. The van der Waals surface area contributed by atoms with E-state index in [1.807, 2.05) is 19.9 Å². The molecule has 0 amide bonds. The van der Waals surface area contributed by atoms with Crippen LogP contribution in [0.5, 0.6) is 5.75 Å². The van der Waals surface area contributed by atoms with Crippen molar-refractivity contribution in [1.82, 2.24) is 0 Å². The molecule has 0 saturated carbocycles. The van der Waals surface area contributed by atoms with E-state index in [0.29, 0.717) is 10.6 Å². The number of ether oxygens (including phenoxy) is 1. The first-order valence-corrected chi connectivity index (χ1v) is 8.70. The van der Waals surface area contributed by atoms with Gasteiger partial charge in [-0.25, -0.2) is 4.79 Å². The highest BCUT2D eigenvalue weighted by molar-refractivity contribution is 7.14. The van der Waals surface area contributed by atoms with E-state index < -0.39 is 0 Å². The summed E-state index contributed by atoms with van der Waals surface area (Å²) < 4.78 is 4.89. The van der Waals surface area contributed by atoms with Gasteiger partial charge in [0.1, 0.15) is 10.6 Å². The minimum atomic E-state index is -0.276. The summed E-state index contributed by atoms with van der Waals surface area (Å²) in [5.74, 6) is 0.0363. The molecule has 0 atom stereocenters. The van der Waals surface area contributed by atoms with Crippen LogP contribution in [0.1, 0.15) is 57.9 Å². The van der Waals surface area contributed by atoms with Crippen molar-refractivity contribution in [2.45, 2.75) is 46.0 Å². The Labute approximate surface area is 141 Å². The molecule has 0 saturated heterocycles. The Morgan fingerprint density at radius 2 is 1.83 bits per heavy atom. The molecule has 0 unspecified atom stereocenters. The maximum Gasteiger partial charge on any atom is 0.348 e. The van der Waals surface area contributed by atoms with Crippen molar-refractivity contribution in [2.24, 2.45) is 0 Å². The molecule has 4 heteroatoms. The van der Waals surface area contributed by atoms with Gasteiger partial charge < -0.3 is 9.84 Å². The molecule has 2 aromatic rings. The lowest BCUT2D eigenvalue weighted by atomic mass is 9.74. The number of carbonyl (C=O) groups is 1. The van der Waals surface area contributed by atoms with Gasteiger partial charge in [-0.1, -0.05) is 26.0 Å². The van der Waals surface area contributed by atoms with Gasteiger partial charge in [0, 0.05) is 10.3 Å². The van der Waals surface area contributed by atoms with Crippen molar-refractivity contribution in [1.29, 1.82) is 0 Å². The zero-order valence-electron chi connectivity index (χ0n) is 14.4. The fraction of sp³-hybridized carbons (Fsp3) is 0.421. The molecule has 0 aliphatic heterocycles. The number of benzene rings is 1. The van der Waals surface area contributed by atoms with Gasteiger partial charge in [-0.2, -0.15) is 0 Å². The van der Waals surface area contributed by atoms with Gasteiger partial charge in [-0.15, -0.1) is 11.3 Å². The molecule has 0 aliphatic carbocycles. The highest BCUT2D eigenvalue weighted by atomic mass is 32.1. The Balaban J connectivity index is 2.61. The molecule has 0 spiro atoms. The van der Waals surface area contributed by atoms with Crippen molar-refractivity contribution in [2.75, 3.05) is 7.11 Å². The van der Waals surface area contributed by atoms with E-state index in [1.165, 1.54) is 28.9 Å². The zero-order chi connectivity index (χ0) is 17.2. The Bertz CT molecular complexity index is 711. The largest absolute Gasteiger partial charge is 0.508 e. The number of hydrogen-bond donors (Lipinski definition) is 1. The molecular formula is C19H24O3S. The topological polar surface area (TPSA) is 46.5 Å². The van der Waals surface area contributed by atoms with Crippen molar-refractivity contribution in [3.8, 4) is 5.75 Å². The standard InChI is InChI=1S/C19H24O3S/c1-6-19(7-2,14-8-9-15(20)12(3)10-14)16-11-13(4)17(23-16)18(21)22-5/h8-11,20H,6-7H2,1-5H3. The van der Waals surface area contributed by atoms with Gasteiger partial charge in [-0.05, 0) is 55.5 Å². The molecule has 0 aliphatic rings. The molecule has 0 fully saturated rings. The number of rotatable bonds is 5. The third-order valence-electron chi connectivity index (χ3n) is 4.72. The van der Waals surface area contributed by atoms with Crippen LogP contribution in [0.15, 0.2) is 24.3 Å². The summed E-state index contributed by atoms with van der Waals surface area (Å²) in [6.07, 6.45) is 1.85. The maximum absolute atomic E-state index is 11.9. The number of thiophene rings is 1. The van der Waals surface area contributed by atoms with Gasteiger partial charge in [0.2, 0.25) is 0 Å². The van der Waals surface area contributed by atoms with Crippen LogP contribution in [0, 0.1) is 13.8 Å². The van der Waals surface area contributed by atoms with Crippen LogP contribution >= 0.6 is 11.3 Å². The van der Waals surface area contributed by atoms with Gasteiger partial charge >= 0.3 is 5.97 Å². The normalized spacial score (nSPS) is 11.5. The van der Waals surface area contributed by atoms with Crippen molar-refractivity contribution >= 4 is 17.3 Å². The van der Waals surface area contributed by atoms with E-state index in [-0.39, 0.29) is 11.4 Å². The second kappa shape index (κ2) is 6.75. The summed E-state index contributed by atoms with van der Waals surface area (Å²) in [5.41, 5.74) is 2.85. The number of hydrogen-bond acceptors (Lipinski definition) is 4. The summed E-state index contributed by atoms with van der Waals surface area (Å²) in [5, 5.41) is 9.82. The summed E-state index contributed by atoms with van der Waals surface area (Å²) in [6.45, 7) is 8.19. The molecular weight excluding hydrogens is 308 g/mol. The van der Waals surface area contributed by atoms with Crippen LogP contribution in [0.2, 0.25) is 0 Å². The predicted molar refractivity (Wildman–Crippen MR) is 94.6 cm³/mol. The van der Waals surface area contributed by atoms with Crippen LogP contribution in [0.25, 0.3) is 0 Å². The minimum Gasteiger partial charge on any atom is -0.508 e. The first-order chi connectivity index (χ1) is 10.9. The lowest BCUT2D eigenvalue weighted by Gasteiger charge is -2.32. The zero-order valence-corrected chi connectivity index (χ0v) is 15.2. The van der Waals surface area contributed by atoms with Crippen LogP contribution < -0.4 is 0 Å². The van der Waals surface area contributed by atoms with E-state index in [4.69, 9.17) is 4.74 Å². The average Bonchev–Trinajstić information content (AvgIpc) is 2.94. The SMILES string of the molecule is CCC(CC)(c1ccc(O)c(C)c1)c1cc(C)c(C(=O)OC)s1. The summed E-state index contributed by atoms with van der Waals surface area (Å²) in [6, 6.07) is 7.90. The Hall–Kier alpha value is -1.81. The smallest absolute Gasteiger partial charge is 0.348 e. The molecule has 1 aromatic carbocycles. The summed E-state index contributed by atoms with van der Waals surface area (Å²) >= 11 is 1.52. The summed E-state index contributed by atoms with van der Waals surface area (Å²) in [7, 11) is 1.41. The lowest BCUT2D eigenvalue weighted by molar-refractivity contribution is 0.0605. The lowest BCUT2D eigenvalue weighted by Crippen LogP contribution is -2.25. The molecule has 124 valence electrons. The molecule has 1 heterocycles.